The maximum Gasteiger partial charge on any atom is 0.223 e. The van der Waals surface area contributed by atoms with E-state index >= 15 is 0 Å². The molecule has 1 unspecified atom stereocenters. The van der Waals surface area contributed by atoms with Crippen molar-refractivity contribution in [3.8, 4) is 0 Å². The van der Waals surface area contributed by atoms with Crippen molar-refractivity contribution in [2.45, 2.75) is 37.6 Å². The van der Waals surface area contributed by atoms with E-state index in [-0.39, 0.29) is 0 Å². The monoisotopic (exact) mass is 287 g/mol. The molecule has 1 saturated carbocycles. The predicted octanol–water partition coefficient (Wildman–Crippen LogP) is 1.21. The van der Waals surface area contributed by atoms with Crippen LogP contribution in [-0.4, -0.2) is 53.5 Å². The summed E-state index contributed by atoms with van der Waals surface area (Å²) in [6, 6.07) is 2.39. The van der Waals surface area contributed by atoms with Crippen LogP contribution in [0.5, 0.6) is 0 Å². The van der Waals surface area contributed by atoms with Crippen LogP contribution in [0.3, 0.4) is 0 Å². The molecule has 1 N–H and O–H groups in total. The van der Waals surface area contributed by atoms with Gasteiger partial charge in [-0.15, -0.1) is 0 Å². The minimum atomic E-state index is 0.317. The zero-order chi connectivity index (χ0) is 14.4. The van der Waals surface area contributed by atoms with Crippen LogP contribution in [0.4, 0.5) is 11.6 Å². The third-order valence-electron chi connectivity index (χ3n) is 4.75. The van der Waals surface area contributed by atoms with Gasteiger partial charge in [-0.05, 0) is 19.3 Å². The molecule has 1 aromatic rings. The number of hydrogen-bond acceptors (Lipinski definition) is 5. The van der Waals surface area contributed by atoms with Crippen molar-refractivity contribution in [2.75, 3.05) is 36.9 Å². The Bertz CT molecular complexity index is 571. The third kappa shape index (κ3) is 2.32. The standard InChI is InChI=1S/C15H21N5O/c1-16-12-8-13(18-15(17-12)10-2-3-10)19-6-7-20-11(9-19)4-5-14(20)21/h8,10-11H,2-7,9H2,1H3,(H,16,17,18). The van der Waals surface area contributed by atoms with Crippen molar-refractivity contribution in [3.63, 3.8) is 0 Å². The maximum atomic E-state index is 11.8. The molecule has 1 aromatic heterocycles. The highest BCUT2D eigenvalue weighted by molar-refractivity contribution is 5.79. The van der Waals surface area contributed by atoms with E-state index in [1.807, 2.05) is 18.0 Å². The molecule has 21 heavy (non-hydrogen) atoms. The molecule has 1 amide bonds. The molecule has 0 radical (unpaired) electrons. The van der Waals surface area contributed by atoms with Gasteiger partial charge in [0.2, 0.25) is 5.91 Å². The number of hydrogen-bond donors (Lipinski definition) is 1. The molecule has 0 spiro atoms. The SMILES string of the molecule is CNc1cc(N2CCN3C(=O)CCC3C2)nc(C2CC2)n1. The van der Waals surface area contributed by atoms with E-state index in [1.54, 1.807) is 0 Å². The number of piperazine rings is 1. The maximum absolute atomic E-state index is 11.8. The van der Waals surface area contributed by atoms with Crippen LogP contribution >= 0.6 is 0 Å². The Morgan fingerprint density at radius 3 is 2.86 bits per heavy atom. The molecule has 3 aliphatic rings. The minimum Gasteiger partial charge on any atom is -0.373 e. The van der Waals surface area contributed by atoms with Gasteiger partial charge >= 0.3 is 0 Å². The van der Waals surface area contributed by atoms with Crippen molar-refractivity contribution in [1.29, 1.82) is 0 Å². The average Bonchev–Trinajstić information content (AvgIpc) is 3.31. The lowest BCUT2D eigenvalue weighted by Crippen LogP contribution is -2.51. The van der Waals surface area contributed by atoms with Crippen molar-refractivity contribution >= 4 is 17.5 Å². The molecule has 6 nitrogen and oxygen atoms in total. The molecular weight excluding hydrogens is 266 g/mol. The molecule has 3 fully saturated rings. The molecule has 1 aliphatic carbocycles. The van der Waals surface area contributed by atoms with Crippen molar-refractivity contribution in [2.24, 2.45) is 0 Å². The topological polar surface area (TPSA) is 61.4 Å². The molecule has 0 bridgehead atoms. The summed E-state index contributed by atoms with van der Waals surface area (Å²) in [5, 5.41) is 3.14. The van der Waals surface area contributed by atoms with Crippen LogP contribution in [0.15, 0.2) is 6.07 Å². The van der Waals surface area contributed by atoms with E-state index in [4.69, 9.17) is 4.98 Å². The van der Waals surface area contributed by atoms with E-state index in [2.05, 4.69) is 15.2 Å². The van der Waals surface area contributed by atoms with Gasteiger partial charge in [-0.25, -0.2) is 9.97 Å². The normalized spacial score (nSPS) is 25.2. The van der Waals surface area contributed by atoms with Gasteiger partial charge in [0.1, 0.15) is 17.5 Å². The number of carbonyl (C=O) groups is 1. The van der Waals surface area contributed by atoms with Gasteiger partial charge in [0.15, 0.2) is 0 Å². The number of rotatable bonds is 3. The second-order valence-electron chi connectivity index (χ2n) is 6.22. The van der Waals surface area contributed by atoms with Crippen LogP contribution in [-0.2, 0) is 4.79 Å². The lowest BCUT2D eigenvalue weighted by Gasteiger charge is -2.38. The minimum absolute atomic E-state index is 0.317. The van der Waals surface area contributed by atoms with E-state index in [9.17, 15) is 4.79 Å². The van der Waals surface area contributed by atoms with Crippen LogP contribution in [0.2, 0.25) is 0 Å². The Hall–Kier alpha value is -1.85. The lowest BCUT2D eigenvalue weighted by atomic mass is 10.1. The molecule has 1 atom stereocenters. The summed E-state index contributed by atoms with van der Waals surface area (Å²) >= 11 is 0. The van der Waals surface area contributed by atoms with Gasteiger partial charge in [0.25, 0.3) is 0 Å². The molecule has 4 rings (SSSR count). The largest absolute Gasteiger partial charge is 0.373 e. The van der Waals surface area contributed by atoms with Crippen LogP contribution in [0, 0.1) is 0 Å². The lowest BCUT2D eigenvalue weighted by molar-refractivity contribution is -0.129. The number of fused-ring (bicyclic) bond motifs is 1. The fourth-order valence-corrected chi connectivity index (χ4v) is 3.34. The summed E-state index contributed by atoms with van der Waals surface area (Å²) in [7, 11) is 1.90. The highest BCUT2D eigenvalue weighted by atomic mass is 16.2. The number of carbonyl (C=O) groups excluding carboxylic acids is 1. The average molecular weight is 287 g/mol. The molecule has 2 aliphatic heterocycles. The van der Waals surface area contributed by atoms with Crippen molar-refractivity contribution < 1.29 is 4.79 Å². The molecule has 2 saturated heterocycles. The van der Waals surface area contributed by atoms with Crippen LogP contribution < -0.4 is 10.2 Å². The van der Waals surface area contributed by atoms with E-state index < -0.39 is 0 Å². The summed E-state index contributed by atoms with van der Waals surface area (Å²) in [5.41, 5.74) is 0. The zero-order valence-corrected chi connectivity index (χ0v) is 12.4. The first kappa shape index (κ1) is 12.9. The Kier molecular flexibility index (Phi) is 2.97. The highest BCUT2D eigenvalue weighted by Crippen LogP contribution is 2.39. The number of aromatic nitrogens is 2. The second kappa shape index (κ2) is 4.86. The van der Waals surface area contributed by atoms with Gasteiger partial charge in [0, 0.05) is 51.1 Å². The number of nitrogens with one attached hydrogen (secondary N) is 1. The molecular formula is C15H21N5O. The second-order valence-corrected chi connectivity index (χ2v) is 6.22. The fraction of sp³-hybridized carbons (Fsp3) is 0.667. The summed E-state index contributed by atoms with van der Waals surface area (Å²) in [4.78, 5) is 25.5. The quantitative estimate of drug-likeness (QED) is 0.905. The first-order chi connectivity index (χ1) is 10.2. The summed E-state index contributed by atoms with van der Waals surface area (Å²) in [6.07, 6.45) is 4.10. The summed E-state index contributed by atoms with van der Waals surface area (Å²) < 4.78 is 0. The van der Waals surface area contributed by atoms with E-state index in [1.165, 1.54) is 12.8 Å². The van der Waals surface area contributed by atoms with Crippen molar-refractivity contribution in [1.82, 2.24) is 14.9 Å². The zero-order valence-electron chi connectivity index (χ0n) is 12.4. The Balaban J connectivity index is 1.58. The van der Waals surface area contributed by atoms with Crippen LogP contribution in [0.1, 0.15) is 37.4 Å². The van der Waals surface area contributed by atoms with Gasteiger partial charge in [-0.2, -0.15) is 0 Å². The van der Waals surface area contributed by atoms with E-state index in [0.29, 0.717) is 24.3 Å². The van der Waals surface area contributed by atoms with Crippen molar-refractivity contribution in [3.05, 3.63) is 11.9 Å². The first-order valence-electron chi connectivity index (χ1n) is 7.86. The fourth-order valence-electron chi connectivity index (χ4n) is 3.34. The Labute approximate surface area is 124 Å². The number of anilines is 2. The highest BCUT2D eigenvalue weighted by Gasteiger charge is 2.36. The van der Waals surface area contributed by atoms with E-state index in [0.717, 1.165) is 43.5 Å². The molecule has 0 aromatic carbocycles. The predicted molar refractivity (Wildman–Crippen MR) is 80.5 cm³/mol. The van der Waals surface area contributed by atoms with Gasteiger partial charge in [0.05, 0.1) is 0 Å². The Morgan fingerprint density at radius 2 is 2.10 bits per heavy atom. The third-order valence-corrected chi connectivity index (χ3v) is 4.75. The Morgan fingerprint density at radius 1 is 1.24 bits per heavy atom. The van der Waals surface area contributed by atoms with Gasteiger partial charge < -0.3 is 15.1 Å². The number of amides is 1. The van der Waals surface area contributed by atoms with Gasteiger partial charge in [-0.1, -0.05) is 0 Å². The smallest absolute Gasteiger partial charge is 0.223 e. The summed E-state index contributed by atoms with van der Waals surface area (Å²) in [5.74, 6) is 3.74. The molecule has 112 valence electrons. The molecule has 3 heterocycles. The molecule has 6 heteroatoms. The summed E-state index contributed by atoms with van der Waals surface area (Å²) in [6.45, 7) is 2.59. The van der Waals surface area contributed by atoms with Crippen LogP contribution in [0.25, 0.3) is 0 Å². The first-order valence-corrected chi connectivity index (χ1v) is 7.86. The number of nitrogens with zero attached hydrogens (tertiary/aromatic N) is 4. The van der Waals surface area contributed by atoms with Gasteiger partial charge in [-0.3, -0.25) is 4.79 Å².